The predicted octanol–water partition coefficient (Wildman–Crippen LogP) is 1.93. The lowest BCUT2D eigenvalue weighted by Crippen LogP contribution is -2.15. The zero-order valence-electron chi connectivity index (χ0n) is 14.1. The van der Waals surface area contributed by atoms with Crippen molar-refractivity contribution >= 4 is 17.0 Å². The van der Waals surface area contributed by atoms with E-state index in [1.165, 1.54) is 16.8 Å². The molecule has 0 saturated carbocycles. The van der Waals surface area contributed by atoms with Gasteiger partial charge in [0.25, 0.3) is 5.56 Å². The van der Waals surface area contributed by atoms with Crippen molar-refractivity contribution in [3.63, 3.8) is 0 Å². The minimum Gasteiger partial charge on any atom is -0.508 e. The van der Waals surface area contributed by atoms with Gasteiger partial charge in [0, 0.05) is 25.7 Å². The number of benzene rings is 1. The van der Waals surface area contributed by atoms with Gasteiger partial charge in [0.05, 0.1) is 29.7 Å². The summed E-state index contributed by atoms with van der Waals surface area (Å²) in [5, 5.41) is 9.38. The fourth-order valence-electron chi connectivity index (χ4n) is 2.73. The van der Waals surface area contributed by atoms with Crippen LogP contribution in [0.2, 0.25) is 0 Å². The lowest BCUT2D eigenvalue weighted by molar-refractivity contribution is -0.143. The Kier molecular flexibility index (Phi) is 4.56. The van der Waals surface area contributed by atoms with Gasteiger partial charge in [0.15, 0.2) is 0 Å². The van der Waals surface area contributed by atoms with E-state index in [0.29, 0.717) is 18.7 Å². The molecule has 25 heavy (non-hydrogen) atoms. The molecule has 1 N–H and O–H groups in total. The summed E-state index contributed by atoms with van der Waals surface area (Å²) in [6, 6.07) is 8.10. The topological polar surface area (TPSA) is 86.3 Å². The molecule has 7 heteroatoms. The molecule has 3 rings (SSSR count). The molecule has 0 unspecified atom stereocenters. The Morgan fingerprint density at radius 3 is 2.80 bits per heavy atom. The van der Waals surface area contributed by atoms with Crippen molar-refractivity contribution in [1.29, 1.82) is 0 Å². The van der Waals surface area contributed by atoms with Gasteiger partial charge >= 0.3 is 5.97 Å². The van der Waals surface area contributed by atoms with Crippen molar-refractivity contribution in [2.45, 2.75) is 19.8 Å². The van der Waals surface area contributed by atoms with Crippen LogP contribution in [0.3, 0.4) is 0 Å². The van der Waals surface area contributed by atoms with Gasteiger partial charge in [0.1, 0.15) is 11.6 Å². The molecule has 0 atom stereocenters. The van der Waals surface area contributed by atoms with E-state index in [2.05, 4.69) is 4.98 Å². The Morgan fingerprint density at radius 2 is 2.08 bits per heavy atom. The normalized spacial score (nSPS) is 11.0. The zero-order chi connectivity index (χ0) is 18.0. The van der Waals surface area contributed by atoms with Crippen LogP contribution in [0.15, 0.2) is 41.3 Å². The van der Waals surface area contributed by atoms with E-state index in [1.54, 1.807) is 13.0 Å². The SMILES string of the molecule is CCOC(=O)CCc1nc2ccc(-n3ccc(O)cc3=O)cc2n1C. The number of hydrogen-bond acceptors (Lipinski definition) is 5. The molecule has 7 nitrogen and oxygen atoms in total. The molecule has 3 aromatic rings. The molecule has 0 spiro atoms. The Morgan fingerprint density at radius 1 is 1.28 bits per heavy atom. The second-order valence-electron chi connectivity index (χ2n) is 5.66. The molecule has 2 heterocycles. The zero-order valence-corrected chi connectivity index (χ0v) is 14.1. The molecule has 0 fully saturated rings. The summed E-state index contributed by atoms with van der Waals surface area (Å²) >= 11 is 0. The van der Waals surface area contributed by atoms with E-state index in [1.807, 2.05) is 23.7 Å². The molecular weight excluding hydrogens is 322 g/mol. The van der Waals surface area contributed by atoms with Gasteiger partial charge in [-0.15, -0.1) is 0 Å². The summed E-state index contributed by atoms with van der Waals surface area (Å²) in [4.78, 5) is 28.1. The first-order valence-corrected chi connectivity index (χ1v) is 8.02. The molecule has 0 aliphatic rings. The number of carbonyl (C=O) groups excluding carboxylic acids is 1. The summed E-state index contributed by atoms with van der Waals surface area (Å²) in [7, 11) is 1.87. The summed E-state index contributed by atoms with van der Waals surface area (Å²) in [5.41, 5.74) is 2.01. The maximum Gasteiger partial charge on any atom is 0.306 e. The van der Waals surface area contributed by atoms with E-state index in [9.17, 15) is 14.7 Å². The van der Waals surface area contributed by atoms with Crippen LogP contribution >= 0.6 is 0 Å². The van der Waals surface area contributed by atoms with Gasteiger partial charge in [-0.2, -0.15) is 0 Å². The number of aromatic hydroxyl groups is 1. The quantitative estimate of drug-likeness (QED) is 0.717. The Balaban J connectivity index is 1.94. The van der Waals surface area contributed by atoms with Crippen LogP contribution in [0.1, 0.15) is 19.2 Å². The summed E-state index contributed by atoms with van der Waals surface area (Å²) in [5.74, 6) is 0.466. The van der Waals surface area contributed by atoms with Crippen molar-refractivity contribution in [2.75, 3.05) is 6.61 Å². The third-order valence-electron chi connectivity index (χ3n) is 4.00. The molecule has 0 radical (unpaired) electrons. The highest BCUT2D eigenvalue weighted by Gasteiger charge is 2.12. The lowest BCUT2D eigenvalue weighted by atomic mass is 10.2. The highest BCUT2D eigenvalue weighted by Crippen LogP contribution is 2.20. The average molecular weight is 341 g/mol. The smallest absolute Gasteiger partial charge is 0.306 e. The highest BCUT2D eigenvalue weighted by atomic mass is 16.5. The van der Waals surface area contributed by atoms with Crippen molar-refractivity contribution in [1.82, 2.24) is 14.1 Å². The molecule has 0 saturated heterocycles. The first-order valence-electron chi connectivity index (χ1n) is 8.02. The molecule has 2 aromatic heterocycles. The number of carbonyl (C=O) groups is 1. The molecular formula is C18H19N3O4. The van der Waals surface area contributed by atoms with Gasteiger partial charge in [-0.1, -0.05) is 0 Å². The summed E-state index contributed by atoms with van der Waals surface area (Å²) in [6.07, 6.45) is 2.28. The summed E-state index contributed by atoms with van der Waals surface area (Å²) in [6.45, 7) is 2.14. The molecule has 0 bridgehead atoms. The number of ether oxygens (including phenoxy) is 1. The average Bonchev–Trinajstić information content (AvgIpc) is 2.89. The number of aromatic nitrogens is 3. The Hall–Kier alpha value is -3.09. The van der Waals surface area contributed by atoms with Crippen LogP contribution in [0.5, 0.6) is 5.75 Å². The third-order valence-corrected chi connectivity index (χ3v) is 4.00. The number of rotatable bonds is 5. The van der Waals surface area contributed by atoms with Gasteiger partial charge < -0.3 is 14.4 Å². The minimum atomic E-state index is -0.316. The fraction of sp³-hybridized carbons (Fsp3) is 0.278. The van der Waals surface area contributed by atoms with E-state index < -0.39 is 0 Å². The number of pyridine rings is 1. The Labute approximate surface area is 144 Å². The predicted molar refractivity (Wildman–Crippen MR) is 92.9 cm³/mol. The highest BCUT2D eigenvalue weighted by molar-refractivity contribution is 5.78. The van der Waals surface area contributed by atoms with Crippen LogP contribution in [-0.2, 0) is 23.0 Å². The number of imidazole rings is 1. The van der Waals surface area contributed by atoms with E-state index in [4.69, 9.17) is 4.74 Å². The van der Waals surface area contributed by atoms with Crippen molar-refractivity contribution < 1.29 is 14.6 Å². The summed E-state index contributed by atoms with van der Waals surface area (Å²) < 4.78 is 8.30. The van der Waals surface area contributed by atoms with Crippen LogP contribution < -0.4 is 5.56 Å². The van der Waals surface area contributed by atoms with E-state index in [0.717, 1.165) is 22.9 Å². The van der Waals surface area contributed by atoms with Gasteiger partial charge in [-0.05, 0) is 31.2 Å². The fourth-order valence-corrected chi connectivity index (χ4v) is 2.73. The van der Waals surface area contributed by atoms with Crippen molar-refractivity contribution in [3.05, 3.63) is 52.7 Å². The monoisotopic (exact) mass is 341 g/mol. The molecule has 1 aromatic carbocycles. The van der Waals surface area contributed by atoms with Gasteiger partial charge in [0.2, 0.25) is 0 Å². The number of esters is 1. The van der Waals surface area contributed by atoms with Crippen LogP contribution in [0, 0.1) is 0 Å². The van der Waals surface area contributed by atoms with Crippen LogP contribution in [0.4, 0.5) is 0 Å². The second kappa shape index (κ2) is 6.80. The van der Waals surface area contributed by atoms with Gasteiger partial charge in [-0.25, -0.2) is 4.98 Å². The number of nitrogens with zero attached hydrogens (tertiary/aromatic N) is 3. The number of aryl methyl sites for hydroxylation is 2. The molecule has 0 aliphatic heterocycles. The van der Waals surface area contributed by atoms with Crippen molar-refractivity contribution in [2.24, 2.45) is 7.05 Å². The second-order valence-corrected chi connectivity index (χ2v) is 5.66. The first kappa shape index (κ1) is 16.8. The molecule has 0 aliphatic carbocycles. The van der Waals surface area contributed by atoms with Crippen LogP contribution in [0.25, 0.3) is 16.7 Å². The Bertz CT molecular complexity index is 988. The van der Waals surface area contributed by atoms with E-state index >= 15 is 0 Å². The number of fused-ring (bicyclic) bond motifs is 1. The molecule has 130 valence electrons. The third kappa shape index (κ3) is 3.40. The maximum atomic E-state index is 12.0. The number of hydrogen-bond donors (Lipinski definition) is 1. The first-order chi connectivity index (χ1) is 12.0. The standard InChI is InChI=1S/C18H19N3O4/c1-3-25-18(24)7-6-16-19-14-5-4-12(10-15(14)20(16)2)21-9-8-13(22)11-17(21)23/h4-5,8-11,22H,3,6-7H2,1-2H3. The van der Waals surface area contributed by atoms with E-state index in [-0.39, 0.29) is 23.7 Å². The van der Waals surface area contributed by atoms with Gasteiger partial charge in [-0.3, -0.25) is 14.2 Å². The largest absolute Gasteiger partial charge is 0.508 e. The molecule has 0 amide bonds. The maximum absolute atomic E-state index is 12.0. The lowest BCUT2D eigenvalue weighted by Gasteiger charge is -2.06. The minimum absolute atomic E-state index is 0.0656. The van der Waals surface area contributed by atoms with Crippen LogP contribution in [-0.4, -0.2) is 31.8 Å². The van der Waals surface area contributed by atoms with Crippen molar-refractivity contribution in [3.8, 4) is 11.4 Å².